The van der Waals surface area contributed by atoms with Gasteiger partial charge in [0.1, 0.15) is 5.54 Å². The molecular weight excluding hydrogens is 460 g/mol. The van der Waals surface area contributed by atoms with Crippen molar-refractivity contribution in [2.24, 2.45) is 0 Å². The summed E-state index contributed by atoms with van der Waals surface area (Å²) in [6, 6.07) is 46.9. The van der Waals surface area contributed by atoms with Crippen LogP contribution < -0.4 is 0 Å². The van der Waals surface area contributed by atoms with Gasteiger partial charge in [-0.15, -0.1) is 0 Å². The molecule has 1 aliphatic heterocycles. The normalized spacial score (nSPS) is 12.9. The van der Waals surface area contributed by atoms with E-state index in [4.69, 9.17) is 0 Å². The number of pyridine rings is 1. The standard InChI is InChI=1S/C36H28N2/c1-5-13-29(14-6-1)35(30-15-7-2-8-16-30)31-23-27-38(28-24-31)36(32-17-9-3-10-18-32,33-19-11-4-12-20-33)34-21-25-37-26-22-34/h1-28H. The minimum absolute atomic E-state index is 0.566. The van der Waals surface area contributed by atoms with Crippen molar-refractivity contribution in [2.75, 3.05) is 0 Å². The minimum atomic E-state index is -0.566. The van der Waals surface area contributed by atoms with Crippen molar-refractivity contribution in [3.8, 4) is 0 Å². The first-order chi connectivity index (χ1) is 18.9. The lowest BCUT2D eigenvalue weighted by Gasteiger charge is -2.44. The molecule has 0 saturated heterocycles. The lowest BCUT2D eigenvalue weighted by atomic mass is 9.76. The number of aromatic nitrogens is 1. The summed E-state index contributed by atoms with van der Waals surface area (Å²) in [4.78, 5) is 6.66. The Labute approximate surface area is 224 Å². The molecule has 2 heterocycles. The molecule has 0 fully saturated rings. The van der Waals surface area contributed by atoms with E-state index >= 15 is 0 Å². The van der Waals surface area contributed by atoms with E-state index in [0.717, 1.165) is 5.56 Å². The molecule has 0 unspecified atom stereocenters. The topological polar surface area (TPSA) is 16.1 Å². The number of allylic oxidation sites excluding steroid dienone is 3. The van der Waals surface area contributed by atoms with Crippen LogP contribution in [0.1, 0.15) is 27.8 Å². The van der Waals surface area contributed by atoms with Gasteiger partial charge < -0.3 is 4.90 Å². The highest BCUT2D eigenvalue weighted by atomic mass is 15.2. The average molecular weight is 489 g/mol. The van der Waals surface area contributed by atoms with Crippen LogP contribution in [0.5, 0.6) is 0 Å². The van der Waals surface area contributed by atoms with Gasteiger partial charge in [0.25, 0.3) is 0 Å². The van der Waals surface area contributed by atoms with Gasteiger partial charge in [-0.1, -0.05) is 121 Å². The highest BCUT2D eigenvalue weighted by molar-refractivity contribution is 5.85. The summed E-state index contributed by atoms with van der Waals surface area (Å²) in [6.07, 6.45) is 12.6. The summed E-state index contributed by atoms with van der Waals surface area (Å²) in [7, 11) is 0. The lowest BCUT2D eigenvalue weighted by Crippen LogP contribution is -2.43. The fourth-order valence-corrected chi connectivity index (χ4v) is 5.43. The highest BCUT2D eigenvalue weighted by Crippen LogP contribution is 2.44. The van der Waals surface area contributed by atoms with Gasteiger partial charge >= 0.3 is 0 Å². The summed E-state index contributed by atoms with van der Waals surface area (Å²) in [5.41, 5.74) is 7.74. The molecule has 0 atom stereocenters. The maximum absolute atomic E-state index is 4.33. The molecule has 38 heavy (non-hydrogen) atoms. The molecule has 1 aromatic heterocycles. The van der Waals surface area contributed by atoms with Crippen LogP contribution >= 0.6 is 0 Å². The molecule has 2 nitrogen and oxygen atoms in total. The summed E-state index contributed by atoms with van der Waals surface area (Å²) in [5.74, 6) is 0. The van der Waals surface area contributed by atoms with E-state index in [1.807, 2.05) is 12.4 Å². The molecule has 0 radical (unpaired) electrons. The van der Waals surface area contributed by atoms with Gasteiger partial charge in [0, 0.05) is 24.8 Å². The van der Waals surface area contributed by atoms with Gasteiger partial charge in [-0.25, -0.2) is 0 Å². The van der Waals surface area contributed by atoms with Crippen LogP contribution in [0.2, 0.25) is 0 Å². The molecule has 4 aromatic carbocycles. The first-order valence-electron chi connectivity index (χ1n) is 12.9. The van der Waals surface area contributed by atoms with Crippen LogP contribution in [0, 0.1) is 0 Å². The predicted molar refractivity (Wildman–Crippen MR) is 156 cm³/mol. The largest absolute Gasteiger partial charge is 0.336 e. The van der Waals surface area contributed by atoms with E-state index in [0.29, 0.717) is 0 Å². The Hall–Kier alpha value is -4.95. The predicted octanol–water partition coefficient (Wildman–Crippen LogP) is 8.22. The van der Waals surface area contributed by atoms with Gasteiger partial charge in [0.05, 0.1) is 0 Å². The first kappa shape index (κ1) is 23.4. The van der Waals surface area contributed by atoms with Crippen LogP contribution in [0.15, 0.2) is 176 Å². The summed E-state index contributed by atoms with van der Waals surface area (Å²) >= 11 is 0. The Kier molecular flexibility index (Phi) is 6.53. The number of hydrogen-bond donors (Lipinski definition) is 0. The van der Waals surface area contributed by atoms with E-state index in [2.05, 4.69) is 168 Å². The second-order valence-electron chi connectivity index (χ2n) is 9.28. The molecule has 0 N–H and O–H groups in total. The zero-order chi connectivity index (χ0) is 25.6. The van der Waals surface area contributed by atoms with Crippen molar-refractivity contribution in [1.29, 1.82) is 0 Å². The fourth-order valence-electron chi connectivity index (χ4n) is 5.43. The second-order valence-corrected chi connectivity index (χ2v) is 9.28. The average Bonchev–Trinajstić information content (AvgIpc) is 3.01. The summed E-state index contributed by atoms with van der Waals surface area (Å²) in [6.45, 7) is 0. The van der Waals surface area contributed by atoms with Crippen molar-refractivity contribution >= 4 is 5.57 Å². The smallest absolute Gasteiger partial charge is 0.120 e. The number of hydrogen-bond acceptors (Lipinski definition) is 2. The van der Waals surface area contributed by atoms with Gasteiger partial charge in [0.15, 0.2) is 0 Å². The molecule has 1 aliphatic rings. The van der Waals surface area contributed by atoms with E-state index < -0.39 is 5.54 Å². The summed E-state index contributed by atoms with van der Waals surface area (Å²) in [5, 5.41) is 0. The van der Waals surface area contributed by atoms with Crippen molar-refractivity contribution in [1.82, 2.24) is 9.88 Å². The van der Waals surface area contributed by atoms with E-state index in [1.54, 1.807) is 0 Å². The van der Waals surface area contributed by atoms with Crippen LogP contribution in [0.25, 0.3) is 5.57 Å². The van der Waals surface area contributed by atoms with Gasteiger partial charge in [0.2, 0.25) is 0 Å². The number of benzene rings is 4. The Bertz CT molecular complexity index is 1420. The van der Waals surface area contributed by atoms with Crippen LogP contribution in [0.4, 0.5) is 0 Å². The van der Waals surface area contributed by atoms with Crippen LogP contribution in [0.3, 0.4) is 0 Å². The molecular formula is C36H28N2. The maximum Gasteiger partial charge on any atom is 0.120 e. The SMILES string of the molecule is C1=CN(C(c2ccccc2)(c2ccccc2)c2ccncc2)C=CC1=C(c1ccccc1)c1ccccc1. The molecule has 2 heteroatoms. The van der Waals surface area contributed by atoms with Gasteiger partial charge in [-0.2, -0.15) is 0 Å². The van der Waals surface area contributed by atoms with Crippen molar-refractivity contribution in [3.63, 3.8) is 0 Å². The summed E-state index contributed by atoms with van der Waals surface area (Å²) < 4.78 is 0. The lowest BCUT2D eigenvalue weighted by molar-refractivity contribution is 0.313. The molecule has 6 rings (SSSR count). The van der Waals surface area contributed by atoms with E-state index in [1.165, 1.54) is 33.4 Å². The van der Waals surface area contributed by atoms with Crippen molar-refractivity contribution in [2.45, 2.75) is 5.54 Å². The highest BCUT2D eigenvalue weighted by Gasteiger charge is 2.40. The molecule has 0 aliphatic carbocycles. The maximum atomic E-state index is 4.33. The van der Waals surface area contributed by atoms with E-state index in [-0.39, 0.29) is 0 Å². The van der Waals surface area contributed by atoms with Gasteiger partial charge in [-0.05, 0) is 63.2 Å². The number of rotatable bonds is 6. The van der Waals surface area contributed by atoms with Crippen molar-refractivity contribution < 1.29 is 0 Å². The first-order valence-corrected chi connectivity index (χ1v) is 12.9. The third-order valence-corrected chi connectivity index (χ3v) is 7.11. The Morgan fingerprint density at radius 3 is 1.32 bits per heavy atom. The van der Waals surface area contributed by atoms with Crippen LogP contribution in [-0.4, -0.2) is 9.88 Å². The molecule has 0 bridgehead atoms. The number of nitrogens with zero attached hydrogens (tertiary/aromatic N) is 2. The quantitative estimate of drug-likeness (QED) is 0.239. The zero-order valence-corrected chi connectivity index (χ0v) is 21.1. The third-order valence-electron chi connectivity index (χ3n) is 7.11. The zero-order valence-electron chi connectivity index (χ0n) is 21.1. The third kappa shape index (κ3) is 4.27. The molecule has 0 saturated carbocycles. The van der Waals surface area contributed by atoms with E-state index in [9.17, 15) is 0 Å². The molecule has 5 aromatic rings. The monoisotopic (exact) mass is 488 g/mol. The fraction of sp³-hybridized carbons (Fsp3) is 0.0278. The van der Waals surface area contributed by atoms with Crippen LogP contribution in [-0.2, 0) is 5.54 Å². The van der Waals surface area contributed by atoms with Gasteiger partial charge in [-0.3, -0.25) is 4.98 Å². The van der Waals surface area contributed by atoms with Crippen molar-refractivity contribution in [3.05, 3.63) is 204 Å². The molecule has 0 spiro atoms. The second kappa shape index (κ2) is 10.6. The Balaban J connectivity index is 1.55. The minimum Gasteiger partial charge on any atom is -0.336 e. The molecule has 182 valence electrons. The Morgan fingerprint density at radius 1 is 0.474 bits per heavy atom. The Morgan fingerprint density at radius 2 is 0.868 bits per heavy atom. The molecule has 0 amide bonds.